The Bertz CT molecular complexity index is 355. The number of carbonyl (C=O) groups excluding carboxylic acids is 1. The summed E-state index contributed by atoms with van der Waals surface area (Å²) in [6, 6.07) is 7.63. The fourth-order valence-electron chi connectivity index (χ4n) is 1.37. The van der Waals surface area contributed by atoms with E-state index in [0.29, 0.717) is 0 Å². The Morgan fingerprint density at radius 2 is 1.75 bits per heavy atom. The van der Waals surface area contributed by atoms with E-state index >= 15 is 0 Å². The molecule has 2 nitrogen and oxygen atoms in total. The molecule has 0 bridgehead atoms. The maximum Gasteiger partial charge on any atom is 0.251 e. The fraction of sp³-hybridized carbons (Fsp3) is 0.462. The summed E-state index contributed by atoms with van der Waals surface area (Å²) in [5, 5.41) is 3.09. The van der Waals surface area contributed by atoms with E-state index in [-0.39, 0.29) is 11.4 Å². The summed E-state index contributed by atoms with van der Waals surface area (Å²) in [6.07, 6.45) is 1.89. The Kier molecular flexibility index (Phi) is 4.77. The molecular formula is C13H18INO. The van der Waals surface area contributed by atoms with E-state index in [1.54, 1.807) is 0 Å². The molecule has 1 aromatic carbocycles. The van der Waals surface area contributed by atoms with Gasteiger partial charge in [-0.3, -0.25) is 4.79 Å². The van der Waals surface area contributed by atoms with Crippen molar-refractivity contribution >= 4 is 28.5 Å². The van der Waals surface area contributed by atoms with Gasteiger partial charge in [0.15, 0.2) is 0 Å². The Morgan fingerprint density at radius 1 is 1.25 bits per heavy atom. The van der Waals surface area contributed by atoms with Gasteiger partial charge < -0.3 is 5.32 Å². The van der Waals surface area contributed by atoms with Crippen molar-refractivity contribution in [1.29, 1.82) is 0 Å². The van der Waals surface area contributed by atoms with Gasteiger partial charge in [0.25, 0.3) is 5.91 Å². The summed E-state index contributed by atoms with van der Waals surface area (Å²) in [6.45, 7) is 6.27. The number of carbonyl (C=O) groups is 1. The van der Waals surface area contributed by atoms with Gasteiger partial charge in [-0.25, -0.2) is 0 Å². The summed E-state index contributed by atoms with van der Waals surface area (Å²) >= 11 is 2.23. The lowest BCUT2D eigenvalue weighted by Gasteiger charge is -2.28. The van der Waals surface area contributed by atoms with Crippen LogP contribution in [0.3, 0.4) is 0 Å². The molecule has 3 heteroatoms. The van der Waals surface area contributed by atoms with Crippen LogP contribution in [0.2, 0.25) is 0 Å². The monoisotopic (exact) mass is 331 g/mol. The van der Waals surface area contributed by atoms with Crippen molar-refractivity contribution in [2.75, 3.05) is 0 Å². The first-order chi connectivity index (χ1) is 7.50. The molecule has 0 aliphatic rings. The van der Waals surface area contributed by atoms with Gasteiger partial charge in [0, 0.05) is 14.7 Å². The Labute approximate surface area is 111 Å². The fourth-order valence-corrected chi connectivity index (χ4v) is 1.73. The van der Waals surface area contributed by atoms with Crippen molar-refractivity contribution in [3.05, 3.63) is 33.4 Å². The van der Waals surface area contributed by atoms with Crippen LogP contribution in [0.5, 0.6) is 0 Å². The summed E-state index contributed by atoms with van der Waals surface area (Å²) < 4.78 is 1.14. The average molecular weight is 331 g/mol. The van der Waals surface area contributed by atoms with E-state index in [0.717, 1.165) is 22.0 Å². The lowest BCUT2D eigenvalue weighted by atomic mass is 9.95. The molecule has 1 aromatic rings. The third-order valence-electron chi connectivity index (χ3n) is 3.08. The van der Waals surface area contributed by atoms with Gasteiger partial charge in [-0.05, 0) is 66.6 Å². The van der Waals surface area contributed by atoms with E-state index in [4.69, 9.17) is 0 Å². The molecule has 0 saturated carbocycles. The first-order valence-corrected chi connectivity index (χ1v) is 6.66. The van der Waals surface area contributed by atoms with Crippen LogP contribution in [0.15, 0.2) is 24.3 Å². The normalized spacial score (nSPS) is 11.2. The lowest BCUT2D eigenvalue weighted by molar-refractivity contribution is 0.0901. The second-order valence-electron chi connectivity index (χ2n) is 4.23. The molecule has 16 heavy (non-hydrogen) atoms. The molecule has 0 spiro atoms. The highest BCUT2D eigenvalue weighted by Crippen LogP contribution is 2.15. The highest BCUT2D eigenvalue weighted by Gasteiger charge is 2.22. The van der Waals surface area contributed by atoms with Crippen molar-refractivity contribution in [1.82, 2.24) is 5.32 Å². The van der Waals surface area contributed by atoms with Gasteiger partial charge in [0.1, 0.15) is 0 Å². The zero-order valence-electron chi connectivity index (χ0n) is 10.0. The van der Waals surface area contributed by atoms with Gasteiger partial charge >= 0.3 is 0 Å². The molecule has 0 aliphatic carbocycles. The predicted octanol–water partition coefficient (Wildman–Crippen LogP) is 3.60. The SMILES string of the molecule is CCC(C)(CC)NC(=O)c1ccc(I)cc1. The van der Waals surface area contributed by atoms with Gasteiger partial charge in [-0.1, -0.05) is 13.8 Å². The van der Waals surface area contributed by atoms with Gasteiger partial charge in [0.05, 0.1) is 0 Å². The molecular weight excluding hydrogens is 313 g/mol. The molecule has 1 rings (SSSR count). The average Bonchev–Trinajstić information content (AvgIpc) is 2.29. The van der Waals surface area contributed by atoms with Crippen molar-refractivity contribution < 1.29 is 4.79 Å². The van der Waals surface area contributed by atoms with Crippen molar-refractivity contribution in [3.8, 4) is 0 Å². The summed E-state index contributed by atoms with van der Waals surface area (Å²) in [4.78, 5) is 12.0. The lowest BCUT2D eigenvalue weighted by Crippen LogP contribution is -2.44. The Morgan fingerprint density at radius 3 is 2.19 bits per heavy atom. The highest BCUT2D eigenvalue weighted by atomic mass is 127. The molecule has 0 fully saturated rings. The minimum absolute atomic E-state index is 0.0163. The smallest absolute Gasteiger partial charge is 0.251 e. The van der Waals surface area contributed by atoms with E-state index in [2.05, 4.69) is 48.7 Å². The van der Waals surface area contributed by atoms with Crippen molar-refractivity contribution in [2.45, 2.75) is 39.2 Å². The zero-order chi connectivity index (χ0) is 12.2. The number of rotatable bonds is 4. The van der Waals surface area contributed by atoms with E-state index in [1.165, 1.54) is 0 Å². The van der Waals surface area contributed by atoms with Crippen LogP contribution < -0.4 is 5.32 Å². The van der Waals surface area contributed by atoms with Crippen molar-refractivity contribution in [2.24, 2.45) is 0 Å². The third-order valence-corrected chi connectivity index (χ3v) is 3.80. The van der Waals surface area contributed by atoms with Gasteiger partial charge in [-0.15, -0.1) is 0 Å². The summed E-state index contributed by atoms with van der Waals surface area (Å²) in [7, 11) is 0. The molecule has 0 aliphatic heterocycles. The molecule has 1 N–H and O–H groups in total. The molecule has 88 valence electrons. The van der Waals surface area contributed by atoms with Crippen LogP contribution >= 0.6 is 22.6 Å². The quantitative estimate of drug-likeness (QED) is 0.839. The highest BCUT2D eigenvalue weighted by molar-refractivity contribution is 14.1. The van der Waals surface area contributed by atoms with E-state index < -0.39 is 0 Å². The number of nitrogens with one attached hydrogen (secondary N) is 1. The van der Waals surface area contributed by atoms with Crippen LogP contribution in [0.25, 0.3) is 0 Å². The number of amides is 1. The zero-order valence-corrected chi connectivity index (χ0v) is 12.2. The maximum atomic E-state index is 12.0. The van der Waals surface area contributed by atoms with E-state index in [9.17, 15) is 4.79 Å². The number of hydrogen-bond acceptors (Lipinski definition) is 1. The molecule has 0 saturated heterocycles. The van der Waals surface area contributed by atoms with Crippen LogP contribution in [0.1, 0.15) is 44.0 Å². The summed E-state index contributed by atoms with van der Waals surface area (Å²) in [5.41, 5.74) is 0.633. The summed E-state index contributed by atoms with van der Waals surface area (Å²) in [5.74, 6) is 0.0163. The van der Waals surface area contributed by atoms with Gasteiger partial charge in [0.2, 0.25) is 0 Å². The predicted molar refractivity (Wildman–Crippen MR) is 75.6 cm³/mol. The molecule has 0 heterocycles. The first-order valence-electron chi connectivity index (χ1n) is 5.59. The maximum absolute atomic E-state index is 12.0. The Balaban J connectivity index is 2.76. The van der Waals surface area contributed by atoms with Crippen LogP contribution in [0.4, 0.5) is 0 Å². The standard InChI is InChI=1S/C13H18INO/c1-4-13(3,5-2)15-12(16)10-6-8-11(14)9-7-10/h6-9H,4-5H2,1-3H3,(H,15,16). The Hall–Kier alpha value is -0.580. The van der Waals surface area contributed by atoms with Crippen LogP contribution in [-0.2, 0) is 0 Å². The molecule has 1 amide bonds. The van der Waals surface area contributed by atoms with Gasteiger partial charge in [-0.2, -0.15) is 0 Å². The second-order valence-corrected chi connectivity index (χ2v) is 5.47. The second kappa shape index (κ2) is 5.66. The third kappa shape index (κ3) is 3.47. The largest absolute Gasteiger partial charge is 0.347 e. The van der Waals surface area contributed by atoms with Crippen LogP contribution in [0, 0.1) is 3.57 Å². The van der Waals surface area contributed by atoms with Crippen molar-refractivity contribution in [3.63, 3.8) is 0 Å². The number of halogens is 1. The van der Waals surface area contributed by atoms with Crippen LogP contribution in [-0.4, -0.2) is 11.4 Å². The molecule has 0 radical (unpaired) electrons. The minimum atomic E-state index is -0.0971. The molecule has 0 atom stereocenters. The minimum Gasteiger partial charge on any atom is -0.347 e. The number of benzene rings is 1. The molecule has 0 aromatic heterocycles. The molecule has 0 unspecified atom stereocenters. The first kappa shape index (κ1) is 13.5. The topological polar surface area (TPSA) is 29.1 Å². The number of hydrogen-bond donors (Lipinski definition) is 1. The van der Waals surface area contributed by atoms with E-state index in [1.807, 2.05) is 24.3 Å².